The summed E-state index contributed by atoms with van der Waals surface area (Å²) >= 11 is 1.33. The number of hydrogen-bond donors (Lipinski definition) is 4. The molecule has 0 bridgehead atoms. The number of rotatable bonds is 9. The van der Waals surface area contributed by atoms with E-state index >= 15 is 0 Å². The number of anilines is 5. The van der Waals surface area contributed by atoms with Gasteiger partial charge >= 0.3 is 0 Å². The summed E-state index contributed by atoms with van der Waals surface area (Å²) in [7, 11) is -0.644. The van der Waals surface area contributed by atoms with Crippen molar-refractivity contribution < 1.29 is 17.9 Å². The first kappa shape index (κ1) is 24.9. The fourth-order valence-corrected chi connectivity index (χ4v) is 5.03. The van der Waals surface area contributed by atoms with Gasteiger partial charge in [0.25, 0.3) is 15.9 Å². The first-order valence-electron chi connectivity index (χ1n) is 10.7. The quantitative estimate of drug-likeness (QED) is 0.251. The highest BCUT2D eigenvalue weighted by Crippen LogP contribution is 2.28. The number of thiophene rings is 1. The van der Waals surface area contributed by atoms with Gasteiger partial charge in [-0.05, 0) is 66.9 Å². The van der Waals surface area contributed by atoms with E-state index in [1.807, 2.05) is 18.4 Å². The zero-order valence-electron chi connectivity index (χ0n) is 19.7. The summed E-state index contributed by atoms with van der Waals surface area (Å²) < 4.78 is 32.9. The zero-order chi connectivity index (χ0) is 25.7. The van der Waals surface area contributed by atoms with E-state index in [9.17, 15) is 13.2 Å². The van der Waals surface area contributed by atoms with E-state index in [4.69, 9.17) is 4.74 Å². The number of aromatic nitrogens is 2. The fourth-order valence-electron chi connectivity index (χ4n) is 3.17. The third-order valence-corrected chi connectivity index (χ3v) is 7.40. The number of methoxy groups -OCH3 is 1. The van der Waals surface area contributed by atoms with Gasteiger partial charge in [-0.25, -0.2) is 13.4 Å². The van der Waals surface area contributed by atoms with E-state index in [1.54, 1.807) is 49.6 Å². The van der Waals surface area contributed by atoms with E-state index < -0.39 is 10.0 Å². The number of benzene rings is 2. The number of aryl methyl sites for hydroxylation is 1. The maximum Gasteiger partial charge on any atom is 0.263 e. The largest absolute Gasteiger partial charge is 0.497 e. The minimum absolute atomic E-state index is 0.129. The molecule has 12 heteroatoms. The monoisotopic (exact) mass is 524 g/mol. The topological polar surface area (TPSA) is 134 Å². The highest BCUT2D eigenvalue weighted by atomic mass is 32.2. The standard InChI is InChI=1S/C24H24N6O4S2/c1-15-14-26-24(29-22(15)28-20-12-13-35-21(20)23(31)25-2)27-16-4-6-17(7-5-16)30-36(32,33)19-10-8-18(34-3)9-11-19/h4-14,30H,1-3H3,(H,25,31)(H2,26,27,28,29). The maximum absolute atomic E-state index is 12.6. The van der Waals surface area contributed by atoms with Crippen molar-refractivity contribution in [3.05, 3.63) is 76.6 Å². The van der Waals surface area contributed by atoms with Crippen molar-refractivity contribution in [2.24, 2.45) is 0 Å². The molecular weight excluding hydrogens is 500 g/mol. The first-order valence-corrected chi connectivity index (χ1v) is 13.1. The number of sulfonamides is 1. The van der Waals surface area contributed by atoms with Gasteiger partial charge in [0.1, 0.15) is 16.4 Å². The molecule has 0 radical (unpaired) electrons. The molecule has 0 fully saturated rings. The maximum atomic E-state index is 12.6. The fraction of sp³-hybridized carbons (Fsp3) is 0.125. The molecule has 0 unspecified atom stereocenters. The molecule has 0 atom stereocenters. The Kier molecular flexibility index (Phi) is 7.36. The van der Waals surface area contributed by atoms with Gasteiger partial charge in [-0.15, -0.1) is 11.3 Å². The van der Waals surface area contributed by atoms with E-state index in [0.29, 0.717) is 39.5 Å². The third-order valence-electron chi connectivity index (χ3n) is 5.09. The van der Waals surface area contributed by atoms with Crippen molar-refractivity contribution in [2.45, 2.75) is 11.8 Å². The molecule has 0 saturated carbocycles. The second-order valence-electron chi connectivity index (χ2n) is 7.58. The molecule has 2 heterocycles. The molecule has 2 aromatic carbocycles. The zero-order valence-corrected chi connectivity index (χ0v) is 21.3. The third kappa shape index (κ3) is 5.73. The first-order chi connectivity index (χ1) is 17.3. The summed E-state index contributed by atoms with van der Waals surface area (Å²) in [6.07, 6.45) is 1.67. The van der Waals surface area contributed by atoms with Crippen LogP contribution >= 0.6 is 11.3 Å². The number of amides is 1. The lowest BCUT2D eigenvalue weighted by Gasteiger charge is -2.12. The van der Waals surface area contributed by atoms with Gasteiger partial charge in [0.05, 0.1) is 17.7 Å². The average Bonchev–Trinajstić information content (AvgIpc) is 3.35. The summed E-state index contributed by atoms with van der Waals surface area (Å²) in [6.45, 7) is 1.86. The van der Waals surface area contributed by atoms with Crippen LogP contribution in [0, 0.1) is 6.92 Å². The molecule has 0 aliphatic rings. The minimum Gasteiger partial charge on any atom is -0.497 e. The Morgan fingerprint density at radius 3 is 2.33 bits per heavy atom. The van der Waals surface area contributed by atoms with Gasteiger partial charge in [0, 0.05) is 30.2 Å². The Balaban J connectivity index is 1.46. The van der Waals surface area contributed by atoms with Gasteiger partial charge in [0.2, 0.25) is 5.95 Å². The number of nitrogens with zero attached hydrogens (tertiary/aromatic N) is 2. The molecule has 0 aliphatic carbocycles. The smallest absolute Gasteiger partial charge is 0.263 e. The lowest BCUT2D eigenvalue weighted by Crippen LogP contribution is -2.17. The van der Waals surface area contributed by atoms with E-state index in [-0.39, 0.29) is 10.8 Å². The normalized spacial score (nSPS) is 11.0. The minimum atomic E-state index is -3.74. The molecule has 2 aromatic heterocycles. The molecule has 0 saturated heterocycles. The second-order valence-corrected chi connectivity index (χ2v) is 10.2. The summed E-state index contributed by atoms with van der Waals surface area (Å²) in [4.78, 5) is 21.6. The van der Waals surface area contributed by atoms with Crippen molar-refractivity contribution in [2.75, 3.05) is 29.5 Å². The predicted molar refractivity (Wildman–Crippen MR) is 141 cm³/mol. The summed E-state index contributed by atoms with van der Waals surface area (Å²) in [5.74, 6) is 1.29. The van der Waals surface area contributed by atoms with Gasteiger partial charge in [-0.2, -0.15) is 4.98 Å². The van der Waals surface area contributed by atoms with Crippen LogP contribution in [0.1, 0.15) is 15.2 Å². The van der Waals surface area contributed by atoms with Crippen LogP contribution in [0.2, 0.25) is 0 Å². The van der Waals surface area contributed by atoms with Crippen LogP contribution in [-0.4, -0.2) is 38.5 Å². The number of nitrogens with one attached hydrogen (secondary N) is 4. The number of ether oxygens (including phenoxy) is 1. The lowest BCUT2D eigenvalue weighted by atomic mass is 10.3. The highest BCUT2D eigenvalue weighted by molar-refractivity contribution is 7.92. The van der Waals surface area contributed by atoms with Crippen LogP contribution in [0.25, 0.3) is 0 Å². The van der Waals surface area contributed by atoms with Crippen LogP contribution in [-0.2, 0) is 10.0 Å². The molecule has 1 amide bonds. The Morgan fingerprint density at radius 2 is 1.67 bits per heavy atom. The van der Waals surface area contributed by atoms with Crippen LogP contribution in [0.15, 0.2) is 71.1 Å². The molecule has 186 valence electrons. The van der Waals surface area contributed by atoms with Crippen LogP contribution in [0.3, 0.4) is 0 Å². The summed E-state index contributed by atoms with van der Waals surface area (Å²) in [5.41, 5.74) is 2.53. The average molecular weight is 525 g/mol. The Bertz CT molecular complexity index is 1470. The Hall–Kier alpha value is -4.16. The summed E-state index contributed by atoms with van der Waals surface area (Å²) in [6, 6.07) is 14.6. The lowest BCUT2D eigenvalue weighted by molar-refractivity contribution is 0.0968. The van der Waals surface area contributed by atoms with Crippen molar-refractivity contribution in [1.82, 2.24) is 15.3 Å². The number of carbonyl (C=O) groups is 1. The molecule has 0 spiro atoms. The van der Waals surface area contributed by atoms with E-state index in [0.717, 1.165) is 5.56 Å². The van der Waals surface area contributed by atoms with Crippen LogP contribution in [0.4, 0.5) is 28.8 Å². The van der Waals surface area contributed by atoms with Crippen molar-refractivity contribution in [3.8, 4) is 5.75 Å². The molecule has 10 nitrogen and oxygen atoms in total. The van der Waals surface area contributed by atoms with Crippen molar-refractivity contribution >= 4 is 56.1 Å². The van der Waals surface area contributed by atoms with Crippen LogP contribution in [0.5, 0.6) is 5.75 Å². The highest BCUT2D eigenvalue weighted by Gasteiger charge is 2.15. The van der Waals surface area contributed by atoms with Gasteiger partial charge in [-0.1, -0.05) is 0 Å². The Morgan fingerprint density at radius 1 is 0.972 bits per heavy atom. The Labute approximate surface area is 212 Å². The van der Waals surface area contributed by atoms with Gasteiger partial charge in [-0.3, -0.25) is 9.52 Å². The van der Waals surface area contributed by atoms with Crippen LogP contribution < -0.4 is 25.4 Å². The predicted octanol–water partition coefficient (Wildman–Crippen LogP) is 4.50. The van der Waals surface area contributed by atoms with Crippen molar-refractivity contribution in [3.63, 3.8) is 0 Å². The van der Waals surface area contributed by atoms with E-state index in [2.05, 4.69) is 30.6 Å². The molecule has 0 aliphatic heterocycles. The SMILES string of the molecule is CNC(=O)c1sccc1Nc1nc(Nc2ccc(NS(=O)(=O)c3ccc(OC)cc3)cc2)ncc1C. The number of hydrogen-bond acceptors (Lipinski definition) is 9. The second kappa shape index (κ2) is 10.6. The summed E-state index contributed by atoms with van der Waals surface area (Å²) in [5, 5.41) is 10.7. The van der Waals surface area contributed by atoms with E-state index in [1.165, 1.54) is 30.6 Å². The molecule has 4 N–H and O–H groups in total. The van der Waals surface area contributed by atoms with Gasteiger partial charge in [0.15, 0.2) is 0 Å². The molecule has 4 aromatic rings. The molecule has 36 heavy (non-hydrogen) atoms. The van der Waals surface area contributed by atoms with Crippen molar-refractivity contribution in [1.29, 1.82) is 0 Å². The number of carbonyl (C=O) groups excluding carboxylic acids is 1. The van der Waals surface area contributed by atoms with Gasteiger partial charge < -0.3 is 20.7 Å². The molecular formula is C24H24N6O4S2. The molecule has 4 rings (SSSR count).